The van der Waals surface area contributed by atoms with Crippen molar-refractivity contribution in [1.82, 2.24) is 5.32 Å². The molecule has 1 amide bonds. The zero-order valence-corrected chi connectivity index (χ0v) is 13.3. The van der Waals surface area contributed by atoms with E-state index >= 15 is 0 Å². The predicted octanol–water partition coefficient (Wildman–Crippen LogP) is 4.74. The third-order valence-corrected chi connectivity index (χ3v) is 2.84. The van der Waals surface area contributed by atoms with Gasteiger partial charge in [-0.05, 0) is 49.6 Å². The minimum Gasteiger partial charge on any atom is -0.444 e. The number of nitrogens with one attached hydrogen (secondary N) is 1. The summed E-state index contributed by atoms with van der Waals surface area (Å²) in [6.45, 7) is 7.42. The summed E-state index contributed by atoms with van der Waals surface area (Å²) < 4.78 is 5.17. The number of benzene rings is 1. The van der Waals surface area contributed by atoms with Gasteiger partial charge in [-0.15, -0.1) is 0 Å². The summed E-state index contributed by atoms with van der Waals surface area (Å²) in [5.41, 5.74) is 9.59. The molecule has 1 N–H and O–H groups in total. The summed E-state index contributed by atoms with van der Waals surface area (Å²) in [7, 11) is 0. The summed E-state index contributed by atoms with van der Waals surface area (Å²) in [5, 5.41) is 6.88. The summed E-state index contributed by atoms with van der Waals surface area (Å²) in [5.74, 6) is 0. The predicted molar refractivity (Wildman–Crippen MR) is 82.1 cm³/mol. The lowest BCUT2D eigenvalue weighted by atomic mass is 10.0. The third kappa shape index (κ3) is 5.94. The lowest BCUT2D eigenvalue weighted by Gasteiger charge is -2.20. The molecule has 1 atom stereocenters. The quantitative estimate of drug-likeness (QED) is 0.494. The number of amides is 1. The van der Waals surface area contributed by atoms with Crippen LogP contribution in [0, 0.1) is 0 Å². The van der Waals surface area contributed by atoms with E-state index in [2.05, 4.69) is 15.3 Å². The van der Waals surface area contributed by atoms with Crippen LogP contribution in [-0.2, 0) is 11.3 Å². The van der Waals surface area contributed by atoms with Gasteiger partial charge in [-0.25, -0.2) is 4.79 Å². The van der Waals surface area contributed by atoms with Gasteiger partial charge in [-0.1, -0.05) is 29.7 Å². The van der Waals surface area contributed by atoms with Gasteiger partial charge in [0.2, 0.25) is 0 Å². The maximum Gasteiger partial charge on any atom is 0.407 e. The lowest BCUT2D eigenvalue weighted by Crippen LogP contribution is -2.32. The monoisotopic (exact) mass is 310 g/mol. The van der Waals surface area contributed by atoms with Crippen molar-refractivity contribution in [2.24, 2.45) is 5.11 Å². The van der Waals surface area contributed by atoms with Crippen LogP contribution in [0.15, 0.2) is 23.3 Å². The molecule has 6 nitrogen and oxygen atoms in total. The van der Waals surface area contributed by atoms with E-state index in [1.807, 2.05) is 0 Å². The summed E-state index contributed by atoms with van der Waals surface area (Å²) >= 11 is 5.96. The van der Waals surface area contributed by atoms with Crippen LogP contribution < -0.4 is 5.32 Å². The largest absolute Gasteiger partial charge is 0.444 e. The maximum absolute atomic E-state index is 11.7. The first-order valence-electron chi connectivity index (χ1n) is 6.52. The van der Waals surface area contributed by atoms with Gasteiger partial charge in [-0.3, -0.25) is 0 Å². The Morgan fingerprint density at radius 3 is 2.76 bits per heavy atom. The number of ether oxygens (including phenoxy) is 1. The average Bonchev–Trinajstić information content (AvgIpc) is 2.35. The Morgan fingerprint density at radius 1 is 1.52 bits per heavy atom. The van der Waals surface area contributed by atoms with E-state index < -0.39 is 11.7 Å². The number of rotatable bonds is 4. The van der Waals surface area contributed by atoms with Gasteiger partial charge in [0.1, 0.15) is 5.60 Å². The minimum absolute atomic E-state index is 0.271. The van der Waals surface area contributed by atoms with Crippen molar-refractivity contribution in [1.29, 1.82) is 0 Å². The molecule has 0 spiro atoms. The number of carbonyl (C=O) groups is 1. The number of hydrogen-bond acceptors (Lipinski definition) is 3. The Bertz CT molecular complexity index is 563. The van der Waals surface area contributed by atoms with Crippen LogP contribution in [0.4, 0.5) is 4.79 Å². The van der Waals surface area contributed by atoms with Gasteiger partial charge in [0.15, 0.2) is 0 Å². The van der Waals surface area contributed by atoms with Crippen LogP contribution in [0.5, 0.6) is 0 Å². The Labute approximate surface area is 129 Å². The average molecular weight is 311 g/mol. The SMILES string of the molecule is CC(N=[N+]=[N-])c1cc(Cl)ccc1CNC(=O)OC(C)(C)C. The Hall–Kier alpha value is -1.91. The molecule has 0 fully saturated rings. The molecule has 0 heterocycles. The van der Waals surface area contributed by atoms with Crippen molar-refractivity contribution in [2.45, 2.75) is 45.9 Å². The molecular formula is C14H19ClN4O2. The van der Waals surface area contributed by atoms with Gasteiger partial charge in [-0.2, -0.15) is 0 Å². The van der Waals surface area contributed by atoms with E-state index in [0.717, 1.165) is 11.1 Å². The van der Waals surface area contributed by atoms with E-state index in [0.29, 0.717) is 5.02 Å². The smallest absolute Gasteiger partial charge is 0.407 e. The van der Waals surface area contributed by atoms with E-state index in [9.17, 15) is 4.79 Å². The highest BCUT2D eigenvalue weighted by Gasteiger charge is 2.17. The van der Waals surface area contributed by atoms with Crippen molar-refractivity contribution >= 4 is 17.7 Å². The fourth-order valence-electron chi connectivity index (χ4n) is 1.74. The zero-order chi connectivity index (χ0) is 16.0. The molecular weight excluding hydrogens is 292 g/mol. The molecule has 0 aliphatic heterocycles. The van der Waals surface area contributed by atoms with E-state index in [1.165, 1.54) is 0 Å². The van der Waals surface area contributed by atoms with Crippen LogP contribution in [0.3, 0.4) is 0 Å². The second-order valence-electron chi connectivity index (χ2n) is 5.58. The van der Waals surface area contributed by atoms with Crippen LogP contribution in [-0.4, -0.2) is 11.7 Å². The first-order valence-corrected chi connectivity index (χ1v) is 6.90. The maximum atomic E-state index is 11.7. The summed E-state index contributed by atoms with van der Waals surface area (Å²) in [4.78, 5) is 14.5. The normalized spacial score (nSPS) is 12.2. The molecule has 1 aromatic carbocycles. The highest BCUT2D eigenvalue weighted by atomic mass is 35.5. The fraction of sp³-hybridized carbons (Fsp3) is 0.500. The number of alkyl carbamates (subject to hydrolysis) is 1. The molecule has 1 unspecified atom stereocenters. The van der Waals surface area contributed by atoms with Crippen LogP contribution in [0.1, 0.15) is 44.9 Å². The lowest BCUT2D eigenvalue weighted by molar-refractivity contribution is 0.0523. The molecule has 7 heteroatoms. The second-order valence-corrected chi connectivity index (χ2v) is 6.02. The molecule has 0 saturated heterocycles. The number of azide groups is 1. The zero-order valence-electron chi connectivity index (χ0n) is 12.6. The molecule has 114 valence electrons. The van der Waals surface area contributed by atoms with E-state index in [1.54, 1.807) is 45.9 Å². The van der Waals surface area contributed by atoms with Crippen molar-refractivity contribution in [3.8, 4) is 0 Å². The minimum atomic E-state index is -0.550. The highest BCUT2D eigenvalue weighted by Crippen LogP contribution is 2.25. The Kier molecular flexibility index (Phi) is 5.88. The molecule has 0 aliphatic rings. The Balaban J connectivity index is 2.84. The molecule has 1 rings (SSSR count). The molecule has 0 saturated carbocycles. The molecule has 1 aromatic rings. The first-order chi connectivity index (χ1) is 9.73. The molecule has 0 radical (unpaired) electrons. The summed E-state index contributed by atoms with van der Waals surface area (Å²) in [6, 6.07) is 4.87. The standard InChI is InChI=1S/C14H19ClN4O2/c1-9(18-19-16)12-7-11(15)6-5-10(12)8-17-13(20)21-14(2,3)4/h5-7,9H,8H2,1-4H3,(H,17,20). The molecule has 0 bridgehead atoms. The Morgan fingerprint density at radius 2 is 2.19 bits per heavy atom. The van der Waals surface area contributed by atoms with Crippen LogP contribution >= 0.6 is 11.6 Å². The number of nitrogens with zero attached hydrogens (tertiary/aromatic N) is 3. The first kappa shape index (κ1) is 17.1. The number of hydrogen-bond donors (Lipinski definition) is 1. The topological polar surface area (TPSA) is 87.1 Å². The number of halogens is 1. The van der Waals surface area contributed by atoms with Crippen molar-refractivity contribution in [3.63, 3.8) is 0 Å². The highest BCUT2D eigenvalue weighted by molar-refractivity contribution is 6.30. The van der Waals surface area contributed by atoms with Crippen molar-refractivity contribution < 1.29 is 9.53 Å². The molecule has 0 aromatic heterocycles. The van der Waals surface area contributed by atoms with Crippen LogP contribution in [0.2, 0.25) is 5.02 Å². The van der Waals surface area contributed by atoms with Crippen LogP contribution in [0.25, 0.3) is 10.4 Å². The van der Waals surface area contributed by atoms with Gasteiger partial charge >= 0.3 is 6.09 Å². The molecule has 0 aliphatic carbocycles. The van der Waals surface area contributed by atoms with E-state index in [-0.39, 0.29) is 12.6 Å². The second kappa shape index (κ2) is 7.20. The van der Waals surface area contributed by atoms with Crippen molar-refractivity contribution in [2.75, 3.05) is 0 Å². The van der Waals surface area contributed by atoms with E-state index in [4.69, 9.17) is 21.9 Å². The van der Waals surface area contributed by atoms with Gasteiger partial charge in [0, 0.05) is 16.5 Å². The van der Waals surface area contributed by atoms with Gasteiger partial charge in [0.25, 0.3) is 0 Å². The molecule has 21 heavy (non-hydrogen) atoms. The fourth-order valence-corrected chi connectivity index (χ4v) is 1.92. The van der Waals surface area contributed by atoms with Crippen molar-refractivity contribution in [3.05, 3.63) is 44.8 Å². The third-order valence-electron chi connectivity index (χ3n) is 2.60. The van der Waals surface area contributed by atoms with Gasteiger partial charge in [0.05, 0.1) is 6.04 Å². The van der Waals surface area contributed by atoms with Gasteiger partial charge < -0.3 is 10.1 Å². The summed E-state index contributed by atoms with van der Waals surface area (Å²) in [6.07, 6.45) is -0.500. The number of carbonyl (C=O) groups excluding carboxylic acids is 1.